The van der Waals surface area contributed by atoms with Crippen LogP contribution in [0, 0.1) is 17.5 Å². The number of hydrogen-bond donors (Lipinski definition) is 2. The second kappa shape index (κ2) is 8.79. The van der Waals surface area contributed by atoms with E-state index < -0.39 is 71.9 Å². The van der Waals surface area contributed by atoms with Crippen molar-refractivity contribution in [2.45, 2.75) is 13.0 Å². The maximum atomic E-state index is 14.9. The van der Waals surface area contributed by atoms with E-state index in [-0.39, 0.29) is 26.2 Å². The summed E-state index contributed by atoms with van der Waals surface area (Å²) in [5.41, 5.74) is -1.53. The van der Waals surface area contributed by atoms with Crippen LogP contribution in [0.25, 0.3) is 0 Å². The van der Waals surface area contributed by atoms with E-state index >= 15 is 0 Å². The molecular formula is C18H19F3N4O6. The third-order valence-electron chi connectivity index (χ3n) is 4.97. The first-order valence-electron chi connectivity index (χ1n) is 9.26. The van der Waals surface area contributed by atoms with Crippen molar-refractivity contribution < 1.29 is 42.2 Å². The second-order valence-electron chi connectivity index (χ2n) is 6.89. The summed E-state index contributed by atoms with van der Waals surface area (Å²) in [7, 11) is 0. The molecule has 2 aliphatic heterocycles. The van der Waals surface area contributed by atoms with Gasteiger partial charge in [-0.05, 0) is 0 Å². The van der Waals surface area contributed by atoms with Crippen LogP contribution in [-0.2, 0) is 19.1 Å². The zero-order valence-electron chi connectivity index (χ0n) is 16.4. The lowest BCUT2D eigenvalue weighted by Crippen LogP contribution is -2.50. The molecule has 3 amide bonds. The SMILES string of the molecule is CC(=O)NC[C@H]1C(=O)OC(=O)N1c1cc(F)c(N2CCN(C(=O)CO)CC2)c(F)c1F. The molecule has 0 saturated carbocycles. The molecule has 2 heterocycles. The number of nitrogens with zero attached hydrogens (tertiary/aromatic N) is 3. The Hall–Kier alpha value is -3.35. The molecule has 0 unspecified atom stereocenters. The lowest BCUT2D eigenvalue weighted by Gasteiger charge is -2.36. The standard InChI is InChI=1S/C18H19F3N4O6/c1-9(27)22-7-12-17(29)31-18(30)25(12)11-6-10(19)16(15(21)14(11)20)24-4-2-23(3-5-24)13(28)8-26/h6,12,26H,2-5,7-8H2,1H3,(H,22,27)/t12-/m0/s1. The number of carbonyl (C=O) groups excluding carboxylic acids is 4. The number of nitrogens with one attached hydrogen (secondary N) is 1. The number of aliphatic hydroxyl groups excluding tert-OH is 1. The fraction of sp³-hybridized carbons (Fsp3) is 0.444. The van der Waals surface area contributed by atoms with Gasteiger partial charge in [0.25, 0.3) is 0 Å². The molecule has 168 valence electrons. The number of carbonyl (C=O) groups is 4. The van der Waals surface area contributed by atoms with Gasteiger partial charge in [-0.1, -0.05) is 0 Å². The Bertz CT molecular complexity index is 935. The van der Waals surface area contributed by atoms with Gasteiger partial charge in [0.15, 0.2) is 23.5 Å². The Morgan fingerprint density at radius 3 is 2.39 bits per heavy atom. The highest BCUT2D eigenvalue weighted by atomic mass is 19.2. The number of hydrogen-bond acceptors (Lipinski definition) is 7. The number of piperazine rings is 1. The van der Waals surface area contributed by atoms with Crippen LogP contribution in [0.3, 0.4) is 0 Å². The van der Waals surface area contributed by atoms with E-state index in [2.05, 4.69) is 10.1 Å². The number of rotatable bonds is 5. The average Bonchev–Trinajstić information content (AvgIpc) is 3.01. The predicted molar refractivity (Wildman–Crippen MR) is 98.6 cm³/mol. The first-order chi connectivity index (χ1) is 14.6. The Kier molecular flexibility index (Phi) is 6.34. The van der Waals surface area contributed by atoms with Crippen LogP contribution in [0.2, 0.25) is 0 Å². The molecule has 0 radical (unpaired) electrons. The number of ether oxygens (including phenoxy) is 1. The van der Waals surface area contributed by atoms with Crippen LogP contribution in [0.15, 0.2) is 6.07 Å². The van der Waals surface area contributed by atoms with E-state index in [1.165, 1.54) is 9.80 Å². The van der Waals surface area contributed by atoms with E-state index in [1.807, 2.05) is 0 Å². The fourth-order valence-corrected chi connectivity index (χ4v) is 3.43. The Balaban J connectivity index is 1.89. The zero-order valence-corrected chi connectivity index (χ0v) is 16.4. The predicted octanol–water partition coefficient (Wildman–Crippen LogP) is -0.267. The third-order valence-corrected chi connectivity index (χ3v) is 4.97. The average molecular weight is 444 g/mol. The van der Waals surface area contributed by atoms with Gasteiger partial charge >= 0.3 is 12.1 Å². The van der Waals surface area contributed by atoms with Crippen molar-refractivity contribution in [2.75, 3.05) is 49.1 Å². The van der Waals surface area contributed by atoms with E-state index in [1.54, 1.807) is 0 Å². The topological polar surface area (TPSA) is 119 Å². The summed E-state index contributed by atoms with van der Waals surface area (Å²) >= 11 is 0. The number of amides is 3. The summed E-state index contributed by atoms with van der Waals surface area (Å²) in [5.74, 6) is -6.54. The minimum absolute atomic E-state index is 0.0201. The van der Waals surface area contributed by atoms with Gasteiger partial charge in [-0.2, -0.15) is 0 Å². The summed E-state index contributed by atoms with van der Waals surface area (Å²) in [6, 6.07) is -0.928. The molecule has 31 heavy (non-hydrogen) atoms. The summed E-state index contributed by atoms with van der Waals surface area (Å²) in [6.45, 7) is 0.0961. The monoisotopic (exact) mass is 444 g/mol. The highest BCUT2D eigenvalue weighted by Gasteiger charge is 2.44. The summed E-state index contributed by atoms with van der Waals surface area (Å²) in [4.78, 5) is 49.5. The lowest BCUT2D eigenvalue weighted by molar-refractivity contribution is -0.135. The van der Waals surface area contributed by atoms with Crippen LogP contribution in [0.5, 0.6) is 0 Å². The molecular weight excluding hydrogens is 425 g/mol. The molecule has 0 spiro atoms. The van der Waals surface area contributed by atoms with Gasteiger partial charge in [-0.15, -0.1) is 0 Å². The van der Waals surface area contributed by atoms with Crippen molar-refractivity contribution in [1.82, 2.24) is 10.2 Å². The van der Waals surface area contributed by atoms with Gasteiger partial charge in [-0.25, -0.2) is 22.8 Å². The minimum atomic E-state index is -1.58. The van der Waals surface area contributed by atoms with Crippen molar-refractivity contribution in [3.05, 3.63) is 23.5 Å². The number of anilines is 2. The second-order valence-corrected chi connectivity index (χ2v) is 6.89. The molecule has 1 aromatic carbocycles. The van der Waals surface area contributed by atoms with Crippen molar-refractivity contribution in [2.24, 2.45) is 0 Å². The number of aliphatic hydroxyl groups is 1. The van der Waals surface area contributed by atoms with Crippen LogP contribution in [-0.4, -0.2) is 79.3 Å². The number of halogens is 3. The maximum absolute atomic E-state index is 14.9. The molecule has 2 aliphatic rings. The molecule has 1 atom stereocenters. The highest BCUT2D eigenvalue weighted by Crippen LogP contribution is 2.35. The number of benzene rings is 1. The molecule has 2 N–H and O–H groups in total. The molecule has 2 fully saturated rings. The Morgan fingerprint density at radius 1 is 1.16 bits per heavy atom. The Morgan fingerprint density at radius 2 is 1.81 bits per heavy atom. The van der Waals surface area contributed by atoms with Crippen LogP contribution in [0.4, 0.5) is 29.3 Å². The molecule has 10 nitrogen and oxygen atoms in total. The quantitative estimate of drug-likeness (QED) is 0.365. The van der Waals surface area contributed by atoms with Crippen molar-refractivity contribution in [3.63, 3.8) is 0 Å². The van der Waals surface area contributed by atoms with Gasteiger partial charge in [0, 0.05) is 45.7 Å². The molecule has 0 bridgehead atoms. The first-order valence-corrected chi connectivity index (χ1v) is 9.26. The number of cyclic esters (lactones) is 2. The summed E-state index contributed by atoms with van der Waals surface area (Å²) < 4.78 is 48.9. The van der Waals surface area contributed by atoms with Crippen molar-refractivity contribution in [1.29, 1.82) is 0 Å². The van der Waals surface area contributed by atoms with Gasteiger partial charge < -0.3 is 25.0 Å². The van der Waals surface area contributed by atoms with Crippen LogP contribution in [0.1, 0.15) is 6.92 Å². The summed E-state index contributed by atoms with van der Waals surface area (Å²) in [6.07, 6.45) is -1.33. The van der Waals surface area contributed by atoms with Crippen LogP contribution >= 0.6 is 0 Å². The minimum Gasteiger partial charge on any atom is -0.387 e. The number of esters is 1. The van der Waals surface area contributed by atoms with Crippen molar-refractivity contribution >= 4 is 35.3 Å². The smallest absolute Gasteiger partial charge is 0.387 e. The van der Waals surface area contributed by atoms with E-state index in [4.69, 9.17) is 5.11 Å². The van der Waals surface area contributed by atoms with Gasteiger partial charge in [0.2, 0.25) is 11.8 Å². The van der Waals surface area contributed by atoms with Gasteiger partial charge in [-0.3, -0.25) is 14.5 Å². The third kappa shape index (κ3) is 4.26. The molecule has 0 aromatic heterocycles. The first kappa shape index (κ1) is 22.3. The van der Waals surface area contributed by atoms with E-state index in [0.717, 1.165) is 6.92 Å². The van der Waals surface area contributed by atoms with Gasteiger partial charge in [0.1, 0.15) is 12.3 Å². The molecule has 13 heteroatoms. The lowest BCUT2D eigenvalue weighted by atomic mass is 10.1. The van der Waals surface area contributed by atoms with Crippen molar-refractivity contribution in [3.8, 4) is 0 Å². The maximum Gasteiger partial charge on any atom is 0.423 e. The molecule has 1 aromatic rings. The zero-order chi connectivity index (χ0) is 22.9. The van der Waals surface area contributed by atoms with E-state index in [0.29, 0.717) is 11.0 Å². The largest absolute Gasteiger partial charge is 0.423 e. The van der Waals surface area contributed by atoms with Gasteiger partial charge in [0.05, 0.1) is 5.69 Å². The fourth-order valence-electron chi connectivity index (χ4n) is 3.43. The normalized spacial score (nSPS) is 19.0. The summed E-state index contributed by atoms with van der Waals surface area (Å²) in [5, 5.41) is 11.2. The molecule has 3 rings (SSSR count). The Labute approximate surface area is 174 Å². The highest BCUT2D eigenvalue weighted by molar-refractivity contribution is 6.07. The van der Waals surface area contributed by atoms with E-state index in [9.17, 15) is 32.3 Å². The molecule has 0 aliphatic carbocycles. The van der Waals surface area contributed by atoms with Crippen LogP contribution < -0.4 is 15.1 Å². The molecule has 2 saturated heterocycles.